The maximum absolute atomic E-state index is 11.5. The molecule has 0 N–H and O–H groups in total. The van der Waals surface area contributed by atoms with Gasteiger partial charge in [0.1, 0.15) is 0 Å². The molecule has 0 aliphatic rings. The third-order valence-electron chi connectivity index (χ3n) is 1.81. The molecule has 0 spiro atoms. The summed E-state index contributed by atoms with van der Waals surface area (Å²) in [6, 6.07) is 9.54. The number of carbonyl (C=O) groups is 1. The van der Waals surface area contributed by atoms with E-state index in [2.05, 4.69) is 0 Å². The maximum Gasteiger partial charge on any atom is 0.323 e. The van der Waals surface area contributed by atoms with Crippen LogP contribution in [0.25, 0.3) is 0 Å². The van der Waals surface area contributed by atoms with Crippen LogP contribution in [0.2, 0.25) is 0 Å². The summed E-state index contributed by atoms with van der Waals surface area (Å²) in [7, 11) is 5.24. The van der Waals surface area contributed by atoms with E-state index in [1.165, 1.54) is 0 Å². The van der Waals surface area contributed by atoms with Gasteiger partial charge >= 0.3 is 6.03 Å². The fraction of sp³-hybridized carbons (Fsp3) is 0.300. The Morgan fingerprint density at radius 3 is 2.08 bits per heavy atom. The zero-order valence-corrected chi connectivity index (χ0v) is 8.19. The molecule has 1 aromatic carbocycles. The second kappa shape index (κ2) is 3.94. The third kappa shape index (κ3) is 2.21. The fourth-order valence-corrected chi connectivity index (χ4v) is 1.06. The van der Waals surface area contributed by atoms with Gasteiger partial charge in [0.15, 0.2) is 0 Å². The first-order valence-corrected chi connectivity index (χ1v) is 4.13. The van der Waals surface area contributed by atoms with Gasteiger partial charge in [-0.25, -0.2) is 4.79 Å². The lowest BCUT2D eigenvalue weighted by molar-refractivity contribution is 0.225. The lowest BCUT2D eigenvalue weighted by Crippen LogP contribution is -2.36. The average molecular weight is 178 g/mol. The first kappa shape index (κ1) is 9.58. The molecule has 70 valence electrons. The Morgan fingerprint density at radius 2 is 1.62 bits per heavy atom. The van der Waals surface area contributed by atoms with E-state index in [1.54, 1.807) is 30.9 Å². The molecule has 0 radical (unpaired) electrons. The van der Waals surface area contributed by atoms with E-state index < -0.39 is 0 Å². The quantitative estimate of drug-likeness (QED) is 0.643. The smallest absolute Gasteiger partial charge is 0.323 e. The van der Waals surface area contributed by atoms with Crippen molar-refractivity contribution in [2.45, 2.75) is 0 Å². The van der Waals surface area contributed by atoms with E-state index in [-0.39, 0.29) is 6.03 Å². The average Bonchev–Trinajstić information content (AvgIpc) is 2.17. The Bertz CT molecular complexity index is 282. The van der Waals surface area contributed by atoms with Crippen molar-refractivity contribution in [2.24, 2.45) is 0 Å². The van der Waals surface area contributed by atoms with Crippen molar-refractivity contribution >= 4 is 11.7 Å². The molecular weight excluding hydrogens is 164 g/mol. The summed E-state index contributed by atoms with van der Waals surface area (Å²) in [4.78, 5) is 14.7. The largest absolute Gasteiger partial charge is 0.330 e. The van der Waals surface area contributed by atoms with Crippen molar-refractivity contribution in [1.29, 1.82) is 0 Å². The minimum Gasteiger partial charge on any atom is -0.330 e. The highest BCUT2D eigenvalue weighted by Gasteiger charge is 2.11. The predicted molar refractivity (Wildman–Crippen MR) is 53.9 cm³/mol. The standard InChI is InChI=1S/C10H14N2O/c1-11(2)10(13)12(3)9-7-5-4-6-8-9/h4-8H,1-3H3. The van der Waals surface area contributed by atoms with Gasteiger partial charge in [0.2, 0.25) is 0 Å². The van der Waals surface area contributed by atoms with Crippen molar-refractivity contribution in [1.82, 2.24) is 4.90 Å². The van der Waals surface area contributed by atoms with E-state index in [1.807, 2.05) is 30.3 Å². The van der Waals surface area contributed by atoms with Crippen molar-refractivity contribution in [3.05, 3.63) is 30.3 Å². The van der Waals surface area contributed by atoms with Crippen LogP contribution in [-0.4, -0.2) is 32.1 Å². The van der Waals surface area contributed by atoms with Crippen LogP contribution >= 0.6 is 0 Å². The summed E-state index contributed by atoms with van der Waals surface area (Å²) in [5.74, 6) is 0. The number of rotatable bonds is 1. The van der Waals surface area contributed by atoms with Gasteiger partial charge < -0.3 is 4.90 Å². The summed E-state index contributed by atoms with van der Waals surface area (Å²) in [6.07, 6.45) is 0. The van der Waals surface area contributed by atoms with E-state index in [4.69, 9.17) is 0 Å². The highest BCUT2D eigenvalue weighted by molar-refractivity contribution is 5.90. The molecule has 0 aliphatic carbocycles. The summed E-state index contributed by atoms with van der Waals surface area (Å²) < 4.78 is 0. The Morgan fingerprint density at radius 1 is 1.08 bits per heavy atom. The second-order valence-electron chi connectivity index (χ2n) is 3.07. The van der Waals surface area contributed by atoms with Gasteiger partial charge in [-0.15, -0.1) is 0 Å². The molecular formula is C10H14N2O. The first-order chi connectivity index (χ1) is 6.13. The molecule has 0 fully saturated rings. The maximum atomic E-state index is 11.5. The molecule has 2 amide bonds. The molecule has 0 unspecified atom stereocenters. The van der Waals surface area contributed by atoms with Crippen LogP contribution in [0, 0.1) is 0 Å². The fourth-order valence-electron chi connectivity index (χ4n) is 1.06. The van der Waals surface area contributed by atoms with Gasteiger partial charge in [-0.1, -0.05) is 18.2 Å². The zero-order valence-electron chi connectivity index (χ0n) is 8.19. The Kier molecular flexibility index (Phi) is 2.90. The number of nitrogens with zero attached hydrogens (tertiary/aromatic N) is 2. The van der Waals surface area contributed by atoms with Gasteiger partial charge in [0.25, 0.3) is 0 Å². The second-order valence-corrected chi connectivity index (χ2v) is 3.07. The number of benzene rings is 1. The van der Waals surface area contributed by atoms with Crippen LogP contribution in [0.15, 0.2) is 30.3 Å². The highest BCUT2D eigenvalue weighted by atomic mass is 16.2. The molecule has 0 atom stereocenters. The summed E-state index contributed by atoms with van der Waals surface area (Å²) >= 11 is 0. The number of carbonyl (C=O) groups excluding carboxylic acids is 1. The minimum atomic E-state index is -0.0220. The van der Waals surface area contributed by atoms with Crippen LogP contribution in [0.3, 0.4) is 0 Å². The van der Waals surface area contributed by atoms with E-state index in [0.29, 0.717) is 0 Å². The van der Waals surface area contributed by atoms with Crippen molar-refractivity contribution in [3.63, 3.8) is 0 Å². The summed E-state index contributed by atoms with van der Waals surface area (Å²) in [5, 5.41) is 0. The Hall–Kier alpha value is -1.51. The molecule has 3 nitrogen and oxygen atoms in total. The molecule has 3 heteroatoms. The monoisotopic (exact) mass is 178 g/mol. The van der Waals surface area contributed by atoms with E-state index in [0.717, 1.165) is 5.69 Å². The van der Waals surface area contributed by atoms with Crippen LogP contribution in [-0.2, 0) is 0 Å². The van der Waals surface area contributed by atoms with Crippen molar-refractivity contribution in [2.75, 3.05) is 26.0 Å². The molecule has 0 saturated heterocycles. The minimum absolute atomic E-state index is 0.0220. The Balaban J connectivity index is 2.80. The van der Waals surface area contributed by atoms with E-state index >= 15 is 0 Å². The first-order valence-electron chi connectivity index (χ1n) is 4.13. The highest BCUT2D eigenvalue weighted by Crippen LogP contribution is 2.11. The van der Waals surface area contributed by atoms with Crippen LogP contribution < -0.4 is 4.90 Å². The SMILES string of the molecule is CN(C)C(=O)N(C)c1ccccc1. The van der Waals surface area contributed by atoms with Gasteiger partial charge in [0, 0.05) is 26.8 Å². The van der Waals surface area contributed by atoms with Crippen molar-refractivity contribution < 1.29 is 4.79 Å². The lowest BCUT2D eigenvalue weighted by atomic mass is 10.3. The lowest BCUT2D eigenvalue weighted by Gasteiger charge is -2.21. The number of para-hydroxylation sites is 1. The summed E-state index contributed by atoms with van der Waals surface area (Å²) in [5.41, 5.74) is 0.904. The molecule has 0 saturated carbocycles. The molecule has 0 aromatic heterocycles. The zero-order chi connectivity index (χ0) is 9.84. The normalized spacial score (nSPS) is 9.46. The molecule has 0 heterocycles. The number of hydrogen-bond acceptors (Lipinski definition) is 1. The van der Waals surface area contributed by atoms with Gasteiger partial charge in [0.05, 0.1) is 0 Å². The van der Waals surface area contributed by atoms with Crippen LogP contribution in [0.1, 0.15) is 0 Å². The molecule has 13 heavy (non-hydrogen) atoms. The van der Waals surface area contributed by atoms with Gasteiger partial charge in [-0.3, -0.25) is 4.90 Å². The predicted octanol–water partition coefficient (Wildman–Crippen LogP) is 1.80. The van der Waals surface area contributed by atoms with Crippen LogP contribution in [0.4, 0.5) is 10.5 Å². The topological polar surface area (TPSA) is 23.6 Å². The van der Waals surface area contributed by atoms with Crippen molar-refractivity contribution in [3.8, 4) is 0 Å². The number of anilines is 1. The van der Waals surface area contributed by atoms with E-state index in [9.17, 15) is 4.79 Å². The molecule has 0 bridgehead atoms. The van der Waals surface area contributed by atoms with Crippen LogP contribution in [0.5, 0.6) is 0 Å². The number of urea groups is 1. The summed E-state index contributed by atoms with van der Waals surface area (Å²) in [6.45, 7) is 0. The number of hydrogen-bond donors (Lipinski definition) is 0. The molecule has 1 rings (SSSR count). The molecule has 1 aromatic rings. The third-order valence-corrected chi connectivity index (χ3v) is 1.81. The van der Waals surface area contributed by atoms with Gasteiger partial charge in [-0.05, 0) is 12.1 Å². The number of amides is 2. The molecule has 0 aliphatic heterocycles. The Labute approximate surface area is 78.6 Å². The van der Waals surface area contributed by atoms with Gasteiger partial charge in [-0.2, -0.15) is 0 Å².